The van der Waals surface area contributed by atoms with E-state index < -0.39 is 8.32 Å². The van der Waals surface area contributed by atoms with Gasteiger partial charge in [0.1, 0.15) is 0 Å². The Hall–Kier alpha value is -0.723. The number of likely N-dealkylation sites (tertiary alicyclic amines) is 1. The minimum absolute atomic E-state index is 0.176. The van der Waals surface area contributed by atoms with E-state index in [9.17, 15) is 4.79 Å². The summed E-state index contributed by atoms with van der Waals surface area (Å²) in [7, 11) is -1.78. The summed E-state index contributed by atoms with van der Waals surface area (Å²) < 4.78 is 7.28. The summed E-state index contributed by atoms with van der Waals surface area (Å²) in [6, 6.07) is 2.19. The number of hydrogen-bond acceptors (Lipinski definition) is 3. The monoisotopic (exact) mass is 398 g/mol. The van der Waals surface area contributed by atoms with Crippen molar-refractivity contribution in [2.24, 2.45) is 0 Å². The van der Waals surface area contributed by atoms with Crippen LogP contribution in [0, 0.1) is 0 Å². The third-order valence-corrected chi connectivity index (χ3v) is 9.94. The van der Waals surface area contributed by atoms with E-state index >= 15 is 0 Å². The Kier molecular flexibility index (Phi) is 5.69. The van der Waals surface area contributed by atoms with Crippen LogP contribution in [0.3, 0.4) is 0 Å². The molecule has 2 heterocycles. The fraction of sp³-hybridized carbons (Fsp3) is 0.647. The predicted molar refractivity (Wildman–Crippen MR) is 98.7 cm³/mol. The Morgan fingerprint density at radius 2 is 2.09 bits per heavy atom. The van der Waals surface area contributed by atoms with E-state index in [1.54, 1.807) is 6.20 Å². The summed E-state index contributed by atoms with van der Waals surface area (Å²) in [4.78, 5) is 18.4. The number of rotatable bonds is 5. The van der Waals surface area contributed by atoms with Crippen LogP contribution in [0.1, 0.15) is 39.2 Å². The smallest absolute Gasteiger partial charge is 0.223 e. The lowest BCUT2D eigenvalue weighted by Crippen LogP contribution is -2.45. The molecule has 0 N–H and O–H groups in total. The van der Waals surface area contributed by atoms with Crippen LogP contribution in [0.2, 0.25) is 18.1 Å². The fourth-order valence-corrected chi connectivity index (χ4v) is 3.90. The number of halogens is 1. The van der Waals surface area contributed by atoms with Gasteiger partial charge < -0.3 is 9.33 Å². The average molecular weight is 399 g/mol. The van der Waals surface area contributed by atoms with Gasteiger partial charge in [0, 0.05) is 29.8 Å². The maximum Gasteiger partial charge on any atom is 0.223 e. The lowest BCUT2D eigenvalue weighted by molar-refractivity contribution is -0.130. The van der Waals surface area contributed by atoms with Crippen molar-refractivity contribution in [1.29, 1.82) is 0 Å². The zero-order valence-electron chi connectivity index (χ0n) is 14.7. The number of amides is 1. The molecule has 1 atom stereocenters. The Bertz CT molecular complexity index is 572. The first-order chi connectivity index (χ1) is 10.6. The topological polar surface area (TPSA) is 42.4 Å². The van der Waals surface area contributed by atoms with Crippen molar-refractivity contribution in [3.63, 3.8) is 0 Å². The van der Waals surface area contributed by atoms with E-state index in [1.807, 2.05) is 17.2 Å². The third-order valence-electron chi connectivity index (χ3n) is 5.01. The minimum Gasteiger partial charge on any atom is -0.415 e. The van der Waals surface area contributed by atoms with Gasteiger partial charge in [0.15, 0.2) is 8.32 Å². The van der Waals surface area contributed by atoms with Crippen LogP contribution in [0.4, 0.5) is 0 Å². The Morgan fingerprint density at radius 3 is 2.70 bits per heavy atom. The van der Waals surface area contributed by atoms with Crippen molar-refractivity contribution in [2.45, 2.75) is 64.3 Å². The van der Waals surface area contributed by atoms with Crippen molar-refractivity contribution in [3.05, 3.63) is 28.5 Å². The molecule has 0 unspecified atom stereocenters. The number of aromatic nitrogens is 1. The molecule has 6 heteroatoms. The van der Waals surface area contributed by atoms with E-state index in [4.69, 9.17) is 4.43 Å². The van der Waals surface area contributed by atoms with Crippen LogP contribution in [0.15, 0.2) is 22.9 Å². The molecule has 1 amide bonds. The molecule has 0 aliphatic carbocycles. The minimum atomic E-state index is -1.78. The van der Waals surface area contributed by atoms with Crippen LogP contribution in [0.25, 0.3) is 0 Å². The molecule has 0 bridgehead atoms. The Morgan fingerprint density at radius 1 is 1.39 bits per heavy atom. The average Bonchev–Trinajstić information content (AvgIpc) is 2.77. The van der Waals surface area contributed by atoms with Gasteiger partial charge in [-0.05, 0) is 52.1 Å². The zero-order valence-corrected chi connectivity index (χ0v) is 17.3. The summed E-state index contributed by atoms with van der Waals surface area (Å²) in [5, 5.41) is 0.189. The van der Waals surface area contributed by atoms with Crippen molar-refractivity contribution in [3.8, 4) is 0 Å². The van der Waals surface area contributed by atoms with Gasteiger partial charge in [-0.1, -0.05) is 20.8 Å². The molecule has 1 aliphatic heterocycles. The first-order valence-electron chi connectivity index (χ1n) is 8.13. The van der Waals surface area contributed by atoms with Gasteiger partial charge in [-0.3, -0.25) is 9.78 Å². The van der Waals surface area contributed by atoms with Gasteiger partial charge in [0.05, 0.1) is 12.6 Å². The SMILES string of the molecule is CC(C)(C)[Si](C)(C)OC[C@@H]1CCC(=O)N1Cc1cncc(Br)c1. The molecule has 1 saturated heterocycles. The molecule has 1 aromatic rings. The predicted octanol–water partition coefficient (Wildman–Crippen LogP) is 4.36. The maximum atomic E-state index is 12.2. The van der Waals surface area contributed by atoms with Crippen molar-refractivity contribution in [2.75, 3.05) is 6.61 Å². The molecule has 0 aromatic carbocycles. The molecule has 0 saturated carbocycles. The van der Waals surface area contributed by atoms with E-state index in [0.717, 1.165) is 16.5 Å². The largest absolute Gasteiger partial charge is 0.415 e. The Labute approximate surface area is 148 Å². The summed E-state index contributed by atoms with van der Waals surface area (Å²) in [5.74, 6) is 0.216. The van der Waals surface area contributed by atoms with Gasteiger partial charge in [-0.15, -0.1) is 0 Å². The molecule has 23 heavy (non-hydrogen) atoms. The Balaban J connectivity index is 2.02. The molecule has 1 aliphatic rings. The number of carbonyl (C=O) groups is 1. The second-order valence-corrected chi connectivity index (χ2v) is 13.5. The third kappa shape index (κ3) is 4.64. The maximum absolute atomic E-state index is 12.2. The zero-order chi connectivity index (χ0) is 17.3. The number of nitrogens with zero attached hydrogens (tertiary/aromatic N) is 2. The van der Waals surface area contributed by atoms with Crippen LogP contribution in [-0.4, -0.2) is 36.8 Å². The van der Waals surface area contributed by atoms with Crippen LogP contribution < -0.4 is 0 Å². The lowest BCUT2D eigenvalue weighted by atomic mass is 10.2. The molecule has 128 valence electrons. The second kappa shape index (κ2) is 7.03. The molecule has 0 spiro atoms. The summed E-state index contributed by atoms with van der Waals surface area (Å²) >= 11 is 3.44. The molecule has 1 fully saturated rings. The standard InChI is InChI=1S/C17H27BrN2O2Si/c1-17(2,3)23(4,5)22-12-15-6-7-16(21)20(15)11-13-8-14(18)10-19-9-13/h8-10,15H,6-7,11-12H2,1-5H3/t15-/m0/s1. The summed E-state index contributed by atoms with van der Waals surface area (Å²) in [6.07, 6.45) is 5.08. The molecule has 1 aromatic heterocycles. The number of hydrogen-bond donors (Lipinski definition) is 0. The molecule has 0 radical (unpaired) electrons. The van der Waals surface area contributed by atoms with Crippen LogP contribution >= 0.6 is 15.9 Å². The van der Waals surface area contributed by atoms with Gasteiger partial charge in [-0.25, -0.2) is 0 Å². The number of carbonyl (C=O) groups excluding carboxylic acids is 1. The quantitative estimate of drug-likeness (QED) is 0.691. The van der Waals surface area contributed by atoms with E-state index in [2.05, 4.69) is 54.8 Å². The highest BCUT2D eigenvalue weighted by molar-refractivity contribution is 9.10. The summed E-state index contributed by atoms with van der Waals surface area (Å²) in [6.45, 7) is 12.5. The van der Waals surface area contributed by atoms with Gasteiger partial charge >= 0.3 is 0 Å². The van der Waals surface area contributed by atoms with E-state index in [0.29, 0.717) is 19.6 Å². The van der Waals surface area contributed by atoms with Gasteiger partial charge in [0.25, 0.3) is 0 Å². The molecular formula is C17H27BrN2O2Si. The fourth-order valence-electron chi connectivity index (χ4n) is 2.44. The normalized spacial score (nSPS) is 19.5. The van der Waals surface area contributed by atoms with Crippen molar-refractivity contribution >= 4 is 30.2 Å². The first kappa shape index (κ1) is 18.6. The van der Waals surface area contributed by atoms with Crippen LogP contribution in [-0.2, 0) is 15.8 Å². The molecule has 4 nitrogen and oxygen atoms in total. The highest BCUT2D eigenvalue weighted by Gasteiger charge is 2.39. The second-order valence-electron chi connectivity index (χ2n) is 7.80. The molecular weight excluding hydrogens is 372 g/mol. The highest BCUT2D eigenvalue weighted by atomic mass is 79.9. The lowest BCUT2D eigenvalue weighted by Gasteiger charge is -2.38. The van der Waals surface area contributed by atoms with E-state index in [-0.39, 0.29) is 17.0 Å². The van der Waals surface area contributed by atoms with Gasteiger partial charge in [-0.2, -0.15) is 0 Å². The number of pyridine rings is 1. The van der Waals surface area contributed by atoms with Gasteiger partial charge in [0.2, 0.25) is 5.91 Å². The highest BCUT2D eigenvalue weighted by Crippen LogP contribution is 2.37. The van der Waals surface area contributed by atoms with Crippen molar-refractivity contribution < 1.29 is 9.22 Å². The summed E-state index contributed by atoms with van der Waals surface area (Å²) in [5.41, 5.74) is 1.05. The van der Waals surface area contributed by atoms with Crippen molar-refractivity contribution in [1.82, 2.24) is 9.88 Å². The first-order valence-corrected chi connectivity index (χ1v) is 11.8. The van der Waals surface area contributed by atoms with Crippen LogP contribution in [0.5, 0.6) is 0 Å². The van der Waals surface area contributed by atoms with E-state index in [1.165, 1.54) is 0 Å². The molecule has 2 rings (SSSR count).